The van der Waals surface area contributed by atoms with E-state index in [2.05, 4.69) is 91.8 Å². The molecule has 0 nitrogen and oxygen atoms in total. The molecule has 0 saturated carbocycles. The summed E-state index contributed by atoms with van der Waals surface area (Å²) in [6, 6.07) is 13.8. The fourth-order valence-corrected chi connectivity index (χ4v) is 3.93. The average Bonchev–Trinajstić information content (AvgIpc) is 2.52. The van der Waals surface area contributed by atoms with Gasteiger partial charge in [0.15, 0.2) is 0 Å². The third kappa shape index (κ3) is 3.58. The quantitative estimate of drug-likeness (QED) is 0.525. The van der Waals surface area contributed by atoms with Crippen LogP contribution in [0.3, 0.4) is 0 Å². The summed E-state index contributed by atoms with van der Waals surface area (Å²) in [5.74, 6) is 2.17. The smallest absolute Gasteiger partial charge is 0.0143 e. The van der Waals surface area contributed by atoms with E-state index in [1.54, 1.807) is 0 Å². The summed E-state index contributed by atoms with van der Waals surface area (Å²) in [5.41, 5.74) is 8.90. The molecule has 0 spiro atoms. The third-order valence-corrected chi connectivity index (χ3v) is 4.97. The number of hydrogen-bond acceptors (Lipinski definition) is 0. The van der Waals surface area contributed by atoms with Crippen molar-refractivity contribution in [3.05, 3.63) is 58.7 Å². The Morgan fingerprint density at radius 3 is 1.04 bits per heavy atom. The lowest BCUT2D eigenvalue weighted by Crippen LogP contribution is -2.05. The standard InChI is InChI=1S/C24H34/c1-15(2)19-11-9-13-21(23(19)17(5)6)22-14-10-12-20(16(3)4)24(22)18(7)8/h9-18H,1-8H3. The number of hydrogen-bond donors (Lipinski definition) is 0. The highest BCUT2D eigenvalue weighted by Gasteiger charge is 2.20. The normalized spacial score (nSPS) is 12.0. The molecule has 2 rings (SSSR count). The molecular formula is C24H34. The molecule has 0 radical (unpaired) electrons. The highest BCUT2D eigenvalue weighted by atomic mass is 14.2. The van der Waals surface area contributed by atoms with E-state index in [9.17, 15) is 0 Å². The Morgan fingerprint density at radius 2 is 0.792 bits per heavy atom. The van der Waals surface area contributed by atoms with E-state index in [0.717, 1.165) is 0 Å². The molecule has 0 N–H and O–H groups in total. The van der Waals surface area contributed by atoms with Gasteiger partial charge in [-0.3, -0.25) is 0 Å². The minimum atomic E-state index is 0.529. The van der Waals surface area contributed by atoms with Gasteiger partial charge in [0.2, 0.25) is 0 Å². The van der Waals surface area contributed by atoms with Crippen LogP contribution in [0.4, 0.5) is 0 Å². The molecule has 2 aromatic rings. The molecule has 0 atom stereocenters. The Morgan fingerprint density at radius 1 is 0.458 bits per heavy atom. The first kappa shape index (κ1) is 18.8. The van der Waals surface area contributed by atoms with Crippen molar-refractivity contribution in [2.45, 2.75) is 79.1 Å². The van der Waals surface area contributed by atoms with Crippen LogP contribution in [0.5, 0.6) is 0 Å². The van der Waals surface area contributed by atoms with Crippen LogP contribution < -0.4 is 0 Å². The van der Waals surface area contributed by atoms with Crippen molar-refractivity contribution in [1.82, 2.24) is 0 Å². The molecule has 0 aliphatic heterocycles. The van der Waals surface area contributed by atoms with Crippen molar-refractivity contribution in [1.29, 1.82) is 0 Å². The van der Waals surface area contributed by atoms with Crippen LogP contribution in [0.25, 0.3) is 11.1 Å². The van der Waals surface area contributed by atoms with Crippen LogP contribution in [0.15, 0.2) is 36.4 Å². The van der Waals surface area contributed by atoms with Gasteiger partial charge in [-0.05, 0) is 57.1 Å². The Hall–Kier alpha value is -1.56. The second-order valence-corrected chi connectivity index (χ2v) is 8.24. The largest absolute Gasteiger partial charge is 0.0613 e. The molecule has 130 valence electrons. The summed E-state index contributed by atoms with van der Waals surface area (Å²) < 4.78 is 0. The molecule has 0 aliphatic carbocycles. The second-order valence-electron chi connectivity index (χ2n) is 8.24. The van der Waals surface area contributed by atoms with Crippen LogP contribution in [0.2, 0.25) is 0 Å². The van der Waals surface area contributed by atoms with Gasteiger partial charge < -0.3 is 0 Å². The zero-order chi connectivity index (χ0) is 18.0. The molecule has 0 bridgehead atoms. The van der Waals surface area contributed by atoms with E-state index in [4.69, 9.17) is 0 Å². The van der Waals surface area contributed by atoms with Gasteiger partial charge in [0.05, 0.1) is 0 Å². The van der Waals surface area contributed by atoms with E-state index in [0.29, 0.717) is 23.7 Å². The molecule has 2 aromatic carbocycles. The topological polar surface area (TPSA) is 0 Å². The number of rotatable bonds is 5. The van der Waals surface area contributed by atoms with Crippen LogP contribution >= 0.6 is 0 Å². The van der Waals surface area contributed by atoms with Crippen LogP contribution in [0.1, 0.15) is 101 Å². The van der Waals surface area contributed by atoms with Crippen molar-refractivity contribution in [2.75, 3.05) is 0 Å². The maximum absolute atomic E-state index is 2.33. The summed E-state index contributed by atoms with van der Waals surface area (Å²) in [5, 5.41) is 0. The Balaban J connectivity index is 2.82. The molecule has 0 heteroatoms. The van der Waals surface area contributed by atoms with Crippen molar-refractivity contribution < 1.29 is 0 Å². The lowest BCUT2D eigenvalue weighted by molar-refractivity contribution is 0.783. The van der Waals surface area contributed by atoms with Crippen LogP contribution in [-0.2, 0) is 0 Å². The molecule has 0 heterocycles. The summed E-state index contributed by atoms with van der Waals surface area (Å²) >= 11 is 0. The SMILES string of the molecule is CC(C)c1cccc(-c2cccc(C(C)C)c2C(C)C)c1C(C)C. The zero-order valence-electron chi connectivity index (χ0n) is 16.8. The third-order valence-electron chi connectivity index (χ3n) is 4.97. The molecular weight excluding hydrogens is 288 g/mol. The van der Waals surface area contributed by atoms with Crippen molar-refractivity contribution in [2.24, 2.45) is 0 Å². The van der Waals surface area contributed by atoms with Gasteiger partial charge in [-0.15, -0.1) is 0 Å². The van der Waals surface area contributed by atoms with E-state index in [1.807, 2.05) is 0 Å². The Bertz CT molecular complexity index is 626. The molecule has 0 amide bonds. The summed E-state index contributed by atoms with van der Waals surface area (Å²) in [4.78, 5) is 0. The highest BCUT2D eigenvalue weighted by molar-refractivity contribution is 5.74. The first-order valence-corrected chi connectivity index (χ1v) is 9.51. The molecule has 0 aliphatic rings. The summed E-state index contributed by atoms with van der Waals surface area (Å²) in [6.45, 7) is 18.5. The molecule has 0 fully saturated rings. The molecule has 0 saturated heterocycles. The van der Waals surface area contributed by atoms with E-state index in [1.165, 1.54) is 33.4 Å². The fraction of sp³-hybridized carbons (Fsp3) is 0.500. The monoisotopic (exact) mass is 322 g/mol. The fourth-order valence-electron chi connectivity index (χ4n) is 3.93. The second kappa shape index (κ2) is 7.55. The average molecular weight is 323 g/mol. The van der Waals surface area contributed by atoms with Crippen molar-refractivity contribution in [3.8, 4) is 11.1 Å². The molecule has 0 aromatic heterocycles. The lowest BCUT2D eigenvalue weighted by atomic mass is 9.79. The summed E-state index contributed by atoms with van der Waals surface area (Å²) in [7, 11) is 0. The predicted molar refractivity (Wildman–Crippen MR) is 108 cm³/mol. The van der Waals surface area contributed by atoms with Gasteiger partial charge in [0, 0.05) is 0 Å². The highest BCUT2D eigenvalue weighted by Crippen LogP contribution is 2.40. The van der Waals surface area contributed by atoms with Gasteiger partial charge in [0.1, 0.15) is 0 Å². The Kier molecular flexibility index (Phi) is 5.91. The minimum Gasteiger partial charge on any atom is -0.0613 e. The van der Waals surface area contributed by atoms with Crippen LogP contribution in [-0.4, -0.2) is 0 Å². The summed E-state index contributed by atoms with van der Waals surface area (Å²) in [6.07, 6.45) is 0. The maximum atomic E-state index is 2.33. The first-order valence-electron chi connectivity index (χ1n) is 9.51. The van der Waals surface area contributed by atoms with E-state index >= 15 is 0 Å². The van der Waals surface area contributed by atoms with Gasteiger partial charge in [-0.25, -0.2) is 0 Å². The molecule has 24 heavy (non-hydrogen) atoms. The van der Waals surface area contributed by atoms with Gasteiger partial charge in [0.25, 0.3) is 0 Å². The predicted octanol–water partition coefficient (Wildman–Crippen LogP) is 7.85. The van der Waals surface area contributed by atoms with Gasteiger partial charge >= 0.3 is 0 Å². The Labute approximate surface area is 149 Å². The minimum absolute atomic E-state index is 0.529. The van der Waals surface area contributed by atoms with E-state index < -0.39 is 0 Å². The molecule has 0 unspecified atom stereocenters. The number of benzene rings is 2. The first-order chi connectivity index (χ1) is 11.3. The van der Waals surface area contributed by atoms with E-state index in [-0.39, 0.29) is 0 Å². The van der Waals surface area contributed by atoms with Crippen LogP contribution in [0, 0.1) is 0 Å². The van der Waals surface area contributed by atoms with Gasteiger partial charge in [-0.1, -0.05) is 91.8 Å². The van der Waals surface area contributed by atoms with Crippen molar-refractivity contribution in [3.63, 3.8) is 0 Å². The lowest BCUT2D eigenvalue weighted by Gasteiger charge is -2.25. The van der Waals surface area contributed by atoms with Crippen molar-refractivity contribution >= 4 is 0 Å². The zero-order valence-corrected chi connectivity index (χ0v) is 16.8. The van der Waals surface area contributed by atoms with Gasteiger partial charge in [-0.2, -0.15) is 0 Å². The maximum Gasteiger partial charge on any atom is -0.0143 e.